The van der Waals surface area contributed by atoms with Crippen molar-refractivity contribution in [2.75, 3.05) is 13.2 Å². The van der Waals surface area contributed by atoms with Crippen molar-refractivity contribution in [2.45, 2.75) is 393 Å². The Labute approximate surface area is 474 Å². The van der Waals surface area contributed by atoms with Crippen LogP contribution in [0.2, 0.25) is 0 Å². The highest BCUT2D eigenvalue weighted by atomic mass is 16.6. The lowest BCUT2D eigenvalue weighted by Gasteiger charge is -2.18. The van der Waals surface area contributed by atoms with E-state index in [-0.39, 0.29) is 31.1 Å². The lowest BCUT2D eigenvalue weighted by Crippen LogP contribution is -2.30. The molecule has 0 aliphatic carbocycles. The highest BCUT2D eigenvalue weighted by Gasteiger charge is 2.19. The number of hydrogen-bond donors (Lipinski definition) is 0. The fourth-order valence-corrected chi connectivity index (χ4v) is 10.5. The average molecular weight is 1070 g/mol. The van der Waals surface area contributed by atoms with Crippen molar-refractivity contribution in [3.63, 3.8) is 0 Å². The Bertz CT molecular complexity index is 1230. The Morgan fingerprint density at radius 1 is 0.250 bits per heavy atom. The minimum atomic E-state index is -0.776. The van der Waals surface area contributed by atoms with Gasteiger partial charge in [0.05, 0.1) is 0 Å². The summed E-state index contributed by atoms with van der Waals surface area (Å²) in [7, 11) is 0. The van der Waals surface area contributed by atoms with Gasteiger partial charge in [0.25, 0.3) is 0 Å². The van der Waals surface area contributed by atoms with E-state index in [0.717, 1.165) is 70.6 Å². The monoisotopic (exact) mass is 1070 g/mol. The lowest BCUT2D eigenvalue weighted by molar-refractivity contribution is -0.167. The van der Waals surface area contributed by atoms with Crippen molar-refractivity contribution >= 4 is 17.9 Å². The first-order valence-electron chi connectivity index (χ1n) is 34.3. The number of hydrogen-bond acceptors (Lipinski definition) is 6. The van der Waals surface area contributed by atoms with Crippen LogP contribution in [0, 0.1) is 0 Å². The molecule has 0 amide bonds. The highest BCUT2D eigenvalue weighted by Crippen LogP contribution is 2.19. The summed E-state index contributed by atoms with van der Waals surface area (Å²) in [5, 5.41) is 0. The molecule has 0 spiro atoms. The van der Waals surface area contributed by atoms with Crippen LogP contribution >= 0.6 is 0 Å². The molecule has 76 heavy (non-hydrogen) atoms. The third-order valence-corrected chi connectivity index (χ3v) is 15.7. The zero-order valence-electron chi connectivity index (χ0n) is 51.6. The molecule has 0 saturated carbocycles. The SMILES string of the molecule is CCCC/C=C\CCCCCCCC(=O)OCC(COC(=O)CCCCCCCCCCCCCCCCCCCCCCCCCCCCCCCCC)OC(=O)CCCCCCC/C=C\CCCCCCCCC. The molecule has 0 aromatic heterocycles. The number of allylic oxidation sites excluding steroid dienone is 4. The van der Waals surface area contributed by atoms with E-state index in [1.165, 1.54) is 276 Å². The van der Waals surface area contributed by atoms with E-state index >= 15 is 0 Å². The maximum absolute atomic E-state index is 12.9. The van der Waals surface area contributed by atoms with E-state index in [4.69, 9.17) is 14.2 Å². The number of ether oxygens (including phenoxy) is 3. The molecular weight excluding hydrogens is 937 g/mol. The van der Waals surface area contributed by atoms with Crippen molar-refractivity contribution in [2.24, 2.45) is 0 Å². The minimum absolute atomic E-state index is 0.0726. The first-order valence-corrected chi connectivity index (χ1v) is 34.3. The van der Waals surface area contributed by atoms with Crippen molar-refractivity contribution in [1.82, 2.24) is 0 Å². The molecule has 0 radical (unpaired) electrons. The van der Waals surface area contributed by atoms with Gasteiger partial charge in [-0.1, -0.05) is 328 Å². The van der Waals surface area contributed by atoms with Gasteiger partial charge in [0.15, 0.2) is 6.10 Å². The second-order valence-corrected chi connectivity index (χ2v) is 23.4. The maximum atomic E-state index is 12.9. The predicted molar refractivity (Wildman–Crippen MR) is 330 cm³/mol. The molecule has 0 aromatic carbocycles. The summed E-state index contributed by atoms with van der Waals surface area (Å²) in [6, 6.07) is 0. The van der Waals surface area contributed by atoms with Gasteiger partial charge >= 0.3 is 17.9 Å². The fraction of sp³-hybridized carbons (Fsp3) is 0.900. The van der Waals surface area contributed by atoms with Crippen LogP contribution in [0.25, 0.3) is 0 Å². The van der Waals surface area contributed by atoms with Gasteiger partial charge in [-0.25, -0.2) is 0 Å². The van der Waals surface area contributed by atoms with E-state index in [1.54, 1.807) is 0 Å². The van der Waals surface area contributed by atoms with Gasteiger partial charge in [0.1, 0.15) is 13.2 Å². The van der Waals surface area contributed by atoms with Crippen LogP contribution in [0.1, 0.15) is 387 Å². The van der Waals surface area contributed by atoms with Gasteiger partial charge in [-0.3, -0.25) is 14.4 Å². The molecule has 0 rings (SSSR count). The molecule has 0 aromatic rings. The second kappa shape index (κ2) is 65.4. The number of unbranched alkanes of at least 4 members (excludes halogenated alkanes) is 49. The molecule has 6 nitrogen and oxygen atoms in total. The molecule has 1 unspecified atom stereocenters. The maximum Gasteiger partial charge on any atom is 0.306 e. The fourth-order valence-electron chi connectivity index (χ4n) is 10.5. The van der Waals surface area contributed by atoms with Gasteiger partial charge < -0.3 is 14.2 Å². The van der Waals surface area contributed by atoms with Gasteiger partial charge in [-0.15, -0.1) is 0 Å². The molecule has 6 heteroatoms. The van der Waals surface area contributed by atoms with E-state index < -0.39 is 6.10 Å². The molecule has 448 valence electrons. The van der Waals surface area contributed by atoms with Crippen molar-refractivity contribution in [1.29, 1.82) is 0 Å². The van der Waals surface area contributed by atoms with Gasteiger partial charge in [-0.05, 0) is 64.2 Å². The average Bonchev–Trinajstić information content (AvgIpc) is 3.42. The first-order chi connectivity index (χ1) is 37.5. The van der Waals surface area contributed by atoms with Gasteiger partial charge in [0.2, 0.25) is 0 Å². The minimum Gasteiger partial charge on any atom is -0.462 e. The highest BCUT2D eigenvalue weighted by molar-refractivity contribution is 5.71. The molecule has 0 bridgehead atoms. The summed E-state index contributed by atoms with van der Waals surface area (Å²) in [5.41, 5.74) is 0. The van der Waals surface area contributed by atoms with Gasteiger partial charge in [-0.2, -0.15) is 0 Å². The van der Waals surface area contributed by atoms with Gasteiger partial charge in [0, 0.05) is 19.3 Å². The second-order valence-electron chi connectivity index (χ2n) is 23.4. The Morgan fingerprint density at radius 3 is 0.697 bits per heavy atom. The van der Waals surface area contributed by atoms with Crippen LogP contribution in [0.4, 0.5) is 0 Å². The molecule has 0 aliphatic rings. The van der Waals surface area contributed by atoms with Crippen molar-refractivity contribution in [3.8, 4) is 0 Å². The third kappa shape index (κ3) is 62.7. The van der Waals surface area contributed by atoms with Crippen LogP contribution in [0.15, 0.2) is 24.3 Å². The third-order valence-electron chi connectivity index (χ3n) is 15.7. The standard InChI is InChI=1S/C70H132O6/c1-4-7-10-13-16-19-22-24-26-28-29-30-31-32-33-34-35-36-37-38-39-40-41-42-44-45-48-51-54-57-60-63-69(72)75-66-67(65-74-68(71)62-59-56-53-50-47-21-18-15-12-9-6-3)76-70(73)64-61-58-55-52-49-46-43-27-25-23-20-17-14-11-8-5-2/h15,18,27,43,67H,4-14,16-17,19-26,28-42,44-66H2,1-3H3/b18-15-,43-27-. The molecule has 0 aliphatic heterocycles. The molecule has 0 N–H and O–H groups in total. The van der Waals surface area contributed by atoms with Crippen LogP contribution in [0.3, 0.4) is 0 Å². The van der Waals surface area contributed by atoms with Crippen LogP contribution in [-0.4, -0.2) is 37.2 Å². The molecule has 0 saturated heterocycles. The summed E-state index contributed by atoms with van der Waals surface area (Å²) in [5.74, 6) is -0.867. The van der Waals surface area contributed by atoms with Crippen molar-refractivity contribution in [3.05, 3.63) is 24.3 Å². The first kappa shape index (κ1) is 73.9. The lowest BCUT2D eigenvalue weighted by atomic mass is 10.0. The number of esters is 3. The number of carbonyl (C=O) groups is 3. The Morgan fingerprint density at radius 2 is 0.447 bits per heavy atom. The smallest absolute Gasteiger partial charge is 0.306 e. The summed E-state index contributed by atoms with van der Waals surface area (Å²) in [4.78, 5) is 38.2. The Hall–Kier alpha value is -2.11. The van der Waals surface area contributed by atoms with E-state index in [0.29, 0.717) is 19.3 Å². The molecule has 0 fully saturated rings. The van der Waals surface area contributed by atoms with Crippen molar-refractivity contribution < 1.29 is 28.6 Å². The topological polar surface area (TPSA) is 78.9 Å². The van der Waals surface area contributed by atoms with Crippen LogP contribution < -0.4 is 0 Å². The van der Waals surface area contributed by atoms with Crippen LogP contribution in [-0.2, 0) is 28.6 Å². The van der Waals surface area contributed by atoms with E-state index in [2.05, 4.69) is 45.1 Å². The van der Waals surface area contributed by atoms with E-state index in [1.807, 2.05) is 0 Å². The largest absolute Gasteiger partial charge is 0.462 e. The normalized spacial score (nSPS) is 12.1. The molecular formula is C70H132O6. The Kier molecular flexibility index (Phi) is 63.6. The number of carbonyl (C=O) groups excluding carboxylic acids is 3. The zero-order valence-corrected chi connectivity index (χ0v) is 51.6. The van der Waals surface area contributed by atoms with Crippen LogP contribution in [0.5, 0.6) is 0 Å². The predicted octanol–water partition coefficient (Wildman–Crippen LogP) is 23.4. The summed E-state index contributed by atoms with van der Waals surface area (Å²) < 4.78 is 16.9. The van der Waals surface area contributed by atoms with E-state index in [9.17, 15) is 14.4 Å². The zero-order chi connectivity index (χ0) is 55.0. The number of rotatable bonds is 64. The quantitative estimate of drug-likeness (QED) is 0.0261. The summed E-state index contributed by atoms with van der Waals surface area (Å²) >= 11 is 0. The molecule has 1 atom stereocenters. The summed E-state index contributed by atoms with van der Waals surface area (Å²) in [6.45, 7) is 6.65. The Balaban J connectivity index is 4.07. The summed E-state index contributed by atoms with van der Waals surface area (Å²) in [6.07, 6.45) is 79.4. The molecule has 0 heterocycles.